The van der Waals surface area contributed by atoms with Gasteiger partial charge in [-0.1, -0.05) is 50.8 Å². The van der Waals surface area contributed by atoms with Crippen molar-refractivity contribution >= 4 is 8.07 Å². The molecule has 6 aliphatic carbocycles. The number of rotatable bonds is 1. The Morgan fingerprint density at radius 2 is 1.90 bits per heavy atom. The van der Waals surface area contributed by atoms with Crippen molar-refractivity contribution in [1.82, 2.24) is 0 Å². The van der Waals surface area contributed by atoms with Gasteiger partial charge in [0.15, 0.2) is 0 Å². The van der Waals surface area contributed by atoms with E-state index in [0.29, 0.717) is 11.3 Å². The van der Waals surface area contributed by atoms with Crippen LogP contribution in [0.15, 0.2) is 22.9 Å². The van der Waals surface area contributed by atoms with Crippen molar-refractivity contribution in [2.75, 3.05) is 0 Å². The normalized spacial score (nSPS) is 55.0. The van der Waals surface area contributed by atoms with E-state index >= 15 is 0 Å². The van der Waals surface area contributed by atoms with Gasteiger partial charge in [-0.2, -0.15) is 0 Å². The Hall–Kier alpha value is -0.343. The first-order valence-corrected chi connectivity index (χ1v) is 12.3. The van der Waals surface area contributed by atoms with Gasteiger partial charge in [-0.15, -0.1) is 0 Å². The fourth-order valence-corrected chi connectivity index (χ4v) is 9.77. The maximum Gasteiger partial charge on any atom is 0.0806 e. The van der Waals surface area contributed by atoms with E-state index in [0.717, 1.165) is 23.7 Å². The summed E-state index contributed by atoms with van der Waals surface area (Å²) >= 11 is 0. The third-order valence-corrected chi connectivity index (χ3v) is 9.90. The van der Waals surface area contributed by atoms with Crippen LogP contribution < -0.4 is 0 Å². The molecular weight excluding hydrogens is 272 g/mol. The molecule has 114 valence electrons. The number of aliphatic hydroxyl groups excluding tert-OH is 1. The Kier molecular flexibility index (Phi) is 2.05. The molecular formula is C19H28OSi. The first kappa shape index (κ1) is 13.1. The fourth-order valence-electron chi connectivity index (χ4n) is 7.29. The van der Waals surface area contributed by atoms with Gasteiger partial charge in [-0.3, -0.25) is 0 Å². The standard InChI is InChI=1S/C19H28OSi/c1-18(2)9-19-13-8-12-10(14(12)19)6-7-11(13)16(21(3,4)5)15(19)17(18)20/h6-7,10-14,17,20H,8-9H2,1-5H3/t10-,11+,12+,13-,14-,17?,19+/m0/s1. The third-order valence-electron chi connectivity index (χ3n) is 7.68. The van der Waals surface area contributed by atoms with Gasteiger partial charge < -0.3 is 5.11 Å². The molecule has 3 saturated carbocycles. The fraction of sp³-hybridized carbons (Fsp3) is 0.789. The Morgan fingerprint density at radius 3 is 2.57 bits per heavy atom. The Balaban J connectivity index is 1.82. The highest BCUT2D eigenvalue weighted by molar-refractivity contribution is 6.83. The lowest BCUT2D eigenvalue weighted by atomic mass is 9.69. The molecule has 0 saturated heterocycles. The van der Waals surface area contributed by atoms with Gasteiger partial charge in [0.1, 0.15) is 0 Å². The van der Waals surface area contributed by atoms with Gasteiger partial charge in [0.25, 0.3) is 0 Å². The van der Waals surface area contributed by atoms with Gasteiger partial charge in [-0.05, 0) is 53.4 Å². The van der Waals surface area contributed by atoms with Crippen molar-refractivity contribution in [2.24, 2.45) is 40.4 Å². The van der Waals surface area contributed by atoms with E-state index < -0.39 is 8.07 Å². The van der Waals surface area contributed by atoms with Crippen molar-refractivity contribution in [3.8, 4) is 0 Å². The maximum absolute atomic E-state index is 11.2. The molecule has 0 aromatic carbocycles. The minimum Gasteiger partial charge on any atom is -0.388 e. The highest BCUT2D eigenvalue weighted by Crippen LogP contribution is 2.83. The summed E-state index contributed by atoms with van der Waals surface area (Å²) in [5, 5.41) is 12.9. The molecule has 6 rings (SSSR count). The highest BCUT2D eigenvalue weighted by Gasteiger charge is 2.78. The first-order chi connectivity index (χ1) is 9.69. The summed E-state index contributed by atoms with van der Waals surface area (Å²) in [6, 6.07) is 0. The number of hydrogen-bond donors (Lipinski definition) is 1. The smallest absolute Gasteiger partial charge is 0.0806 e. The summed E-state index contributed by atoms with van der Waals surface area (Å²) in [6.45, 7) is 12.1. The van der Waals surface area contributed by atoms with Crippen molar-refractivity contribution in [1.29, 1.82) is 0 Å². The summed E-state index contributed by atoms with van der Waals surface area (Å²) in [7, 11) is -1.39. The van der Waals surface area contributed by atoms with Crippen LogP contribution in [0.1, 0.15) is 26.7 Å². The minimum atomic E-state index is -1.39. The van der Waals surface area contributed by atoms with Gasteiger partial charge in [0.05, 0.1) is 14.2 Å². The molecule has 0 heterocycles. The molecule has 6 aliphatic rings. The van der Waals surface area contributed by atoms with Crippen molar-refractivity contribution in [3.05, 3.63) is 22.9 Å². The molecule has 1 unspecified atom stereocenters. The number of allylic oxidation sites excluding steroid dienone is 3. The van der Waals surface area contributed by atoms with Crippen molar-refractivity contribution in [2.45, 2.75) is 52.4 Å². The molecule has 1 spiro atoms. The van der Waals surface area contributed by atoms with Crippen LogP contribution >= 0.6 is 0 Å². The second kappa shape index (κ2) is 3.28. The summed E-state index contributed by atoms with van der Waals surface area (Å²) in [5.41, 5.74) is 2.04. The zero-order valence-corrected chi connectivity index (χ0v) is 15.0. The molecule has 1 nitrogen and oxygen atoms in total. The Bertz CT molecular complexity index is 608. The average Bonchev–Trinajstić information content (AvgIpc) is 2.83. The van der Waals surface area contributed by atoms with Crippen LogP contribution in [-0.2, 0) is 0 Å². The molecule has 6 bridgehead atoms. The van der Waals surface area contributed by atoms with Crippen LogP contribution in [-0.4, -0.2) is 19.3 Å². The predicted octanol–water partition coefficient (Wildman–Crippen LogP) is 4.02. The van der Waals surface area contributed by atoms with Crippen LogP contribution in [0, 0.1) is 40.4 Å². The molecule has 0 aromatic heterocycles. The highest BCUT2D eigenvalue weighted by atomic mass is 28.3. The zero-order chi connectivity index (χ0) is 14.9. The zero-order valence-electron chi connectivity index (χ0n) is 14.0. The molecule has 0 aliphatic heterocycles. The lowest BCUT2D eigenvalue weighted by Crippen LogP contribution is -2.33. The molecule has 0 radical (unpaired) electrons. The maximum atomic E-state index is 11.2. The van der Waals surface area contributed by atoms with Crippen LogP contribution in [0.4, 0.5) is 0 Å². The topological polar surface area (TPSA) is 20.2 Å². The molecule has 7 atom stereocenters. The van der Waals surface area contributed by atoms with Gasteiger partial charge in [0, 0.05) is 5.41 Å². The minimum absolute atomic E-state index is 0.0792. The van der Waals surface area contributed by atoms with Gasteiger partial charge in [0.2, 0.25) is 0 Å². The quantitative estimate of drug-likeness (QED) is 0.573. The summed E-state index contributed by atoms with van der Waals surface area (Å²) in [5.74, 6) is 4.19. The van der Waals surface area contributed by atoms with E-state index in [-0.39, 0.29) is 11.5 Å². The van der Waals surface area contributed by atoms with E-state index in [9.17, 15) is 5.11 Å². The lowest BCUT2D eigenvalue weighted by Gasteiger charge is -2.34. The second-order valence-corrected chi connectivity index (χ2v) is 15.2. The van der Waals surface area contributed by atoms with E-state index in [1.807, 2.05) is 0 Å². The van der Waals surface area contributed by atoms with E-state index in [1.54, 1.807) is 10.8 Å². The monoisotopic (exact) mass is 300 g/mol. The van der Waals surface area contributed by atoms with Gasteiger partial charge in [-0.25, -0.2) is 0 Å². The lowest BCUT2D eigenvalue weighted by molar-refractivity contribution is 0.0952. The number of aliphatic hydroxyl groups is 1. The molecule has 3 fully saturated rings. The molecule has 0 amide bonds. The summed E-state index contributed by atoms with van der Waals surface area (Å²) in [4.78, 5) is 0. The Morgan fingerprint density at radius 1 is 1.19 bits per heavy atom. The number of hydrogen-bond acceptors (Lipinski definition) is 1. The van der Waals surface area contributed by atoms with Crippen LogP contribution in [0.2, 0.25) is 19.6 Å². The molecule has 1 N–H and O–H groups in total. The summed E-state index contributed by atoms with van der Waals surface area (Å²) in [6.07, 6.45) is 7.64. The summed E-state index contributed by atoms with van der Waals surface area (Å²) < 4.78 is 0. The van der Waals surface area contributed by atoms with Gasteiger partial charge >= 0.3 is 0 Å². The largest absolute Gasteiger partial charge is 0.388 e. The van der Waals surface area contributed by atoms with Crippen LogP contribution in [0.25, 0.3) is 0 Å². The van der Waals surface area contributed by atoms with Crippen LogP contribution in [0.3, 0.4) is 0 Å². The van der Waals surface area contributed by atoms with E-state index in [1.165, 1.54) is 12.8 Å². The molecule has 21 heavy (non-hydrogen) atoms. The second-order valence-electron chi connectivity index (χ2n) is 10.2. The van der Waals surface area contributed by atoms with Crippen molar-refractivity contribution in [3.63, 3.8) is 0 Å². The average molecular weight is 301 g/mol. The molecule has 2 heteroatoms. The van der Waals surface area contributed by atoms with Crippen LogP contribution in [0.5, 0.6) is 0 Å². The van der Waals surface area contributed by atoms with E-state index in [4.69, 9.17) is 0 Å². The van der Waals surface area contributed by atoms with Crippen molar-refractivity contribution < 1.29 is 5.11 Å². The third kappa shape index (κ3) is 1.23. The molecule has 0 aromatic rings. The van der Waals surface area contributed by atoms with E-state index in [2.05, 4.69) is 45.6 Å². The SMILES string of the molecule is CC1(C)C[C@@]23C(=C([Si](C)(C)C)[C@@H]4C=C[C@H]5[C@@H](C[C@@H]42)[C@H]53)C1O. The first-order valence-electron chi connectivity index (χ1n) is 8.81. The predicted molar refractivity (Wildman–Crippen MR) is 88.4 cm³/mol. The Labute approximate surface area is 129 Å².